The van der Waals surface area contributed by atoms with Gasteiger partial charge < -0.3 is 24.3 Å². The molecular weight excluding hydrogens is 490 g/mol. The molecule has 2 atom stereocenters. The molecule has 0 saturated heterocycles. The number of nitrogens with zero attached hydrogens (tertiary/aromatic N) is 1. The van der Waals surface area contributed by atoms with Gasteiger partial charge in [-0.15, -0.1) is 0 Å². The van der Waals surface area contributed by atoms with Crippen molar-refractivity contribution >= 4 is 34.9 Å². The Morgan fingerprint density at radius 3 is 2.20 bits per heavy atom. The molecule has 3 rings (SSSR count). The number of ether oxygens (including phenoxy) is 4. The van der Waals surface area contributed by atoms with Crippen LogP contribution in [0, 0.1) is 5.92 Å². The van der Waals surface area contributed by atoms with E-state index in [1.165, 1.54) is 11.5 Å². The maximum atomic E-state index is 12.9. The Balaban J connectivity index is 2.04. The molecule has 188 valence electrons. The summed E-state index contributed by atoms with van der Waals surface area (Å²) in [5.41, 5.74) is 3.15. The zero-order chi connectivity index (χ0) is 25.5. The third-order valence-corrected chi connectivity index (χ3v) is 6.96. The van der Waals surface area contributed by atoms with Crippen molar-refractivity contribution in [2.24, 2.45) is 5.92 Å². The highest BCUT2D eigenvalue weighted by molar-refractivity contribution is 7.10. The summed E-state index contributed by atoms with van der Waals surface area (Å²) in [4.78, 5) is 16.4. The molecule has 0 aliphatic heterocycles. The van der Waals surface area contributed by atoms with Gasteiger partial charge in [0.15, 0.2) is 11.5 Å². The van der Waals surface area contributed by atoms with Gasteiger partial charge in [0.1, 0.15) is 11.8 Å². The van der Waals surface area contributed by atoms with Gasteiger partial charge in [-0.3, -0.25) is 4.79 Å². The first kappa shape index (κ1) is 26.6. The van der Waals surface area contributed by atoms with Crippen molar-refractivity contribution in [1.82, 2.24) is 9.21 Å². The highest BCUT2D eigenvalue weighted by atomic mass is 35.5. The average molecular weight is 520 g/mol. The van der Waals surface area contributed by atoms with Crippen LogP contribution in [0.5, 0.6) is 23.0 Å². The molecule has 1 unspecified atom stereocenters. The highest BCUT2D eigenvalue weighted by Gasteiger charge is 2.25. The standard InChI is InChI=1S/C25H30ClN3O5S/c1-7-14(2)22(29-26)25(30)28-18-10-15(8-9-19(18)31-3)17-13-27-35-24(17)16-11-20(32-4)23(34-6)21(12-16)33-5/h8-14,22,29H,7H2,1-6H3,(H,28,30)/t14?,22-/m1/s1. The molecule has 8 nitrogen and oxygen atoms in total. The predicted octanol–water partition coefficient (Wildman–Crippen LogP) is 5.61. The third kappa shape index (κ3) is 5.63. The van der Waals surface area contributed by atoms with Gasteiger partial charge in [0.2, 0.25) is 11.7 Å². The highest BCUT2D eigenvalue weighted by Crippen LogP contribution is 2.45. The minimum Gasteiger partial charge on any atom is -0.495 e. The minimum atomic E-state index is -0.548. The van der Waals surface area contributed by atoms with E-state index < -0.39 is 6.04 Å². The number of methoxy groups -OCH3 is 4. The summed E-state index contributed by atoms with van der Waals surface area (Å²) in [6, 6.07) is 8.82. The molecule has 35 heavy (non-hydrogen) atoms. The fraction of sp³-hybridized carbons (Fsp3) is 0.360. The number of carbonyl (C=O) groups is 1. The molecule has 10 heteroatoms. The number of halogens is 1. The summed E-state index contributed by atoms with van der Waals surface area (Å²) in [5, 5.41) is 2.96. The van der Waals surface area contributed by atoms with Gasteiger partial charge in [-0.05, 0) is 59.1 Å². The van der Waals surface area contributed by atoms with Crippen LogP contribution in [0.2, 0.25) is 0 Å². The second-order valence-corrected chi connectivity index (χ2v) is 8.88. The Kier molecular flexibility index (Phi) is 9.20. The van der Waals surface area contributed by atoms with Crippen LogP contribution in [0.25, 0.3) is 21.6 Å². The van der Waals surface area contributed by atoms with Crippen LogP contribution in [0.3, 0.4) is 0 Å². The first-order chi connectivity index (χ1) is 16.9. The second kappa shape index (κ2) is 12.1. The summed E-state index contributed by atoms with van der Waals surface area (Å²) < 4.78 is 26.4. The summed E-state index contributed by atoms with van der Waals surface area (Å²) in [6.45, 7) is 3.97. The van der Waals surface area contributed by atoms with E-state index in [4.69, 9.17) is 30.7 Å². The number of amides is 1. The summed E-state index contributed by atoms with van der Waals surface area (Å²) >= 11 is 7.22. The molecule has 0 bridgehead atoms. The van der Waals surface area contributed by atoms with E-state index in [1.807, 2.05) is 44.2 Å². The van der Waals surface area contributed by atoms with E-state index >= 15 is 0 Å². The van der Waals surface area contributed by atoms with Gasteiger partial charge in [0.25, 0.3) is 0 Å². The topological polar surface area (TPSA) is 90.9 Å². The Hall–Kier alpha value is -3.01. The van der Waals surface area contributed by atoms with Gasteiger partial charge >= 0.3 is 0 Å². The lowest BCUT2D eigenvalue weighted by Crippen LogP contribution is -2.40. The summed E-state index contributed by atoms with van der Waals surface area (Å²) in [7, 11) is 6.28. The molecule has 3 aromatic rings. The molecule has 0 spiro atoms. The van der Waals surface area contributed by atoms with Crippen LogP contribution in [0.15, 0.2) is 36.5 Å². The zero-order valence-corrected chi connectivity index (χ0v) is 22.2. The third-order valence-electron chi connectivity index (χ3n) is 5.88. The van der Waals surface area contributed by atoms with E-state index in [0.29, 0.717) is 28.7 Å². The maximum absolute atomic E-state index is 12.9. The van der Waals surface area contributed by atoms with Crippen LogP contribution in [0.4, 0.5) is 5.69 Å². The smallest absolute Gasteiger partial charge is 0.243 e. The first-order valence-electron chi connectivity index (χ1n) is 11.0. The van der Waals surface area contributed by atoms with Crippen molar-refractivity contribution in [3.8, 4) is 44.6 Å². The monoisotopic (exact) mass is 519 g/mol. The molecule has 0 aliphatic rings. The van der Waals surface area contributed by atoms with Crippen LogP contribution in [0.1, 0.15) is 20.3 Å². The van der Waals surface area contributed by atoms with Gasteiger partial charge in [-0.25, -0.2) is 4.84 Å². The van der Waals surface area contributed by atoms with Gasteiger partial charge in [-0.1, -0.05) is 26.3 Å². The number of rotatable bonds is 11. The molecule has 0 aliphatic carbocycles. The number of carbonyl (C=O) groups excluding carboxylic acids is 1. The van der Waals surface area contributed by atoms with Crippen LogP contribution in [-0.4, -0.2) is 44.8 Å². The molecule has 1 heterocycles. The van der Waals surface area contributed by atoms with E-state index in [9.17, 15) is 4.79 Å². The van der Waals surface area contributed by atoms with Crippen molar-refractivity contribution in [3.63, 3.8) is 0 Å². The molecule has 2 N–H and O–H groups in total. The Morgan fingerprint density at radius 2 is 1.66 bits per heavy atom. The Morgan fingerprint density at radius 1 is 1.00 bits per heavy atom. The number of hydrogen-bond donors (Lipinski definition) is 2. The van der Waals surface area contributed by atoms with Crippen molar-refractivity contribution in [2.75, 3.05) is 33.8 Å². The Labute approximate surface area is 214 Å². The van der Waals surface area contributed by atoms with Crippen molar-refractivity contribution in [2.45, 2.75) is 26.3 Å². The quantitative estimate of drug-likeness (QED) is 0.318. The van der Waals surface area contributed by atoms with E-state index in [0.717, 1.165) is 28.0 Å². The fourth-order valence-electron chi connectivity index (χ4n) is 3.70. The van der Waals surface area contributed by atoms with E-state index in [1.54, 1.807) is 34.6 Å². The van der Waals surface area contributed by atoms with Crippen LogP contribution in [-0.2, 0) is 4.79 Å². The number of aromatic nitrogens is 1. The predicted molar refractivity (Wildman–Crippen MR) is 140 cm³/mol. The largest absolute Gasteiger partial charge is 0.495 e. The molecule has 0 fully saturated rings. The fourth-order valence-corrected chi connectivity index (χ4v) is 4.77. The van der Waals surface area contributed by atoms with Crippen molar-refractivity contribution < 1.29 is 23.7 Å². The van der Waals surface area contributed by atoms with E-state index in [-0.39, 0.29) is 11.8 Å². The van der Waals surface area contributed by atoms with Gasteiger partial charge in [0, 0.05) is 17.3 Å². The molecular formula is C25H30ClN3O5S. The maximum Gasteiger partial charge on any atom is 0.243 e. The number of nitrogens with one attached hydrogen (secondary N) is 2. The van der Waals surface area contributed by atoms with Gasteiger partial charge in [-0.2, -0.15) is 4.37 Å². The normalized spacial score (nSPS) is 12.5. The lowest BCUT2D eigenvalue weighted by Gasteiger charge is -2.21. The lowest BCUT2D eigenvalue weighted by molar-refractivity contribution is -0.118. The average Bonchev–Trinajstić information content (AvgIpc) is 3.38. The SMILES string of the molecule is CCC(C)[C@@H](NCl)C(=O)Nc1cc(-c2cnsc2-c2cc(OC)c(OC)c(OC)c2)ccc1OC. The minimum absolute atomic E-state index is 0.0504. The molecule has 1 aromatic heterocycles. The number of benzene rings is 2. The number of hydrogen-bond acceptors (Lipinski definition) is 8. The van der Waals surface area contributed by atoms with Crippen molar-refractivity contribution in [3.05, 3.63) is 36.5 Å². The lowest BCUT2D eigenvalue weighted by atomic mass is 9.99. The molecule has 0 radical (unpaired) electrons. The Bertz CT molecular complexity index is 1140. The summed E-state index contributed by atoms with van der Waals surface area (Å²) in [6.07, 6.45) is 2.59. The van der Waals surface area contributed by atoms with E-state index in [2.05, 4.69) is 14.5 Å². The van der Waals surface area contributed by atoms with Crippen LogP contribution < -0.4 is 29.1 Å². The number of anilines is 1. The zero-order valence-electron chi connectivity index (χ0n) is 20.6. The van der Waals surface area contributed by atoms with Crippen molar-refractivity contribution in [1.29, 1.82) is 0 Å². The van der Waals surface area contributed by atoms with Crippen LogP contribution >= 0.6 is 23.3 Å². The molecule has 2 aromatic carbocycles. The molecule has 1 amide bonds. The molecule has 0 saturated carbocycles. The van der Waals surface area contributed by atoms with Gasteiger partial charge in [0.05, 0.1) is 39.0 Å². The summed E-state index contributed by atoms with van der Waals surface area (Å²) in [5.74, 6) is 1.97. The first-order valence-corrected chi connectivity index (χ1v) is 12.2. The second-order valence-electron chi connectivity index (χ2n) is 7.86.